The summed E-state index contributed by atoms with van der Waals surface area (Å²) in [4.78, 5) is 40.9. The molecular weight excluding hydrogens is 478 g/mol. The number of rotatable bonds is 2. The second kappa shape index (κ2) is 9.94. The molecule has 0 aliphatic carbocycles. The highest BCUT2D eigenvalue weighted by Gasteiger charge is 2.23. The first kappa shape index (κ1) is 23.7. The normalized spacial score (nSPS) is 14.8. The maximum atomic E-state index is 13.3. The van der Waals surface area contributed by atoms with Crippen molar-refractivity contribution in [1.82, 2.24) is 24.4 Å². The van der Waals surface area contributed by atoms with Crippen LogP contribution in [0.5, 0.6) is 0 Å². The smallest absolute Gasteiger partial charge is 0.268 e. The van der Waals surface area contributed by atoms with Crippen LogP contribution < -0.4 is 15.8 Å². The van der Waals surface area contributed by atoms with Gasteiger partial charge in [-0.15, -0.1) is 0 Å². The molecule has 0 bridgehead atoms. The number of hydrogen-bond donors (Lipinski definition) is 1. The summed E-state index contributed by atoms with van der Waals surface area (Å²) < 4.78 is 1.70. The minimum atomic E-state index is -0.113. The highest BCUT2D eigenvalue weighted by atomic mass is 35.5. The number of aryl methyl sites for hydroxylation is 1. The zero-order chi connectivity index (χ0) is 25.2. The van der Waals surface area contributed by atoms with Crippen LogP contribution in [0.1, 0.15) is 28.8 Å². The predicted molar refractivity (Wildman–Crippen MR) is 141 cm³/mol. The fraction of sp³-hybridized carbons (Fsp3) is 0.269. The molecule has 1 fully saturated rings. The molecule has 0 atom stereocenters. The summed E-state index contributed by atoms with van der Waals surface area (Å²) in [7, 11) is 1.73. The van der Waals surface area contributed by atoms with Gasteiger partial charge in [0.05, 0.1) is 28.3 Å². The van der Waals surface area contributed by atoms with Crippen molar-refractivity contribution in [3.63, 3.8) is 0 Å². The Hall–Kier alpha value is -3.98. The van der Waals surface area contributed by atoms with Crippen molar-refractivity contribution in [3.05, 3.63) is 81.5 Å². The van der Waals surface area contributed by atoms with Crippen molar-refractivity contribution >= 4 is 40.2 Å². The Morgan fingerprint density at radius 2 is 1.83 bits per heavy atom. The van der Waals surface area contributed by atoms with E-state index in [4.69, 9.17) is 16.6 Å². The standard InChI is InChI=1S/C19H18ClN3O.C7H8N4O/c1-13-6-4-7-14(12-13)23-18(24)17-15(20)8-5-9-16(17)21-19(23)22-10-2-3-11-22;1-11-4-10-6-5(7(11)12)2-8-3-9-6/h4-9,12H,2-3,10-11H2,1H3;2-3H,4H2,1H3,(H,8,9,10). The zero-order valence-electron chi connectivity index (χ0n) is 20.1. The fourth-order valence-corrected chi connectivity index (χ4v) is 4.66. The lowest BCUT2D eigenvalue weighted by Gasteiger charge is -2.24. The SMILES string of the molecule is CN1CNc2ncncc2C1=O.Cc1cccc(-n2c(N3CCCC3)nc3cccc(Cl)c3c2=O)c1. The number of aromatic nitrogens is 4. The molecule has 1 amide bonds. The van der Waals surface area contributed by atoms with E-state index in [2.05, 4.69) is 20.2 Å². The van der Waals surface area contributed by atoms with Crippen LogP contribution in [-0.2, 0) is 0 Å². The predicted octanol–water partition coefficient (Wildman–Crippen LogP) is 3.88. The van der Waals surface area contributed by atoms with Crippen molar-refractivity contribution in [2.24, 2.45) is 0 Å². The highest BCUT2D eigenvalue weighted by molar-refractivity contribution is 6.35. The van der Waals surface area contributed by atoms with Crippen molar-refractivity contribution in [1.29, 1.82) is 0 Å². The Bertz CT molecular complexity index is 1500. The summed E-state index contributed by atoms with van der Waals surface area (Å²) in [5.74, 6) is 1.29. The molecule has 9 nitrogen and oxygen atoms in total. The van der Waals surface area contributed by atoms with Gasteiger partial charge in [0.1, 0.15) is 17.7 Å². The van der Waals surface area contributed by atoms with Crippen molar-refractivity contribution in [2.45, 2.75) is 19.8 Å². The van der Waals surface area contributed by atoms with Gasteiger partial charge in [-0.1, -0.05) is 29.8 Å². The molecular formula is C26H26ClN7O2. The van der Waals surface area contributed by atoms with Crippen LogP contribution in [0.3, 0.4) is 0 Å². The van der Waals surface area contributed by atoms with Gasteiger partial charge in [0.15, 0.2) is 0 Å². The largest absolute Gasteiger partial charge is 0.352 e. The number of benzene rings is 2. The highest BCUT2D eigenvalue weighted by Crippen LogP contribution is 2.26. The molecule has 4 heterocycles. The molecule has 10 heteroatoms. The lowest BCUT2D eigenvalue weighted by molar-refractivity contribution is 0.0795. The van der Waals surface area contributed by atoms with Crippen molar-refractivity contribution in [3.8, 4) is 5.69 Å². The summed E-state index contributed by atoms with van der Waals surface area (Å²) in [6.45, 7) is 4.36. The third-order valence-electron chi connectivity index (χ3n) is 6.25. The van der Waals surface area contributed by atoms with Crippen LogP contribution in [-0.4, -0.2) is 57.1 Å². The average molecular weight is 504 g/mol. The van der Waals surface area contributed by atoms with E-state index in [1.165, 1.54) is 12.5 Å². The molecule has 0 unspecified atom stereocenters. The number of hydrogen-bond acceptors (Lipinski definition) is 7. The molecule has 1 saturated heterocycles. The van der Waals surface area contributed by atoms with E-state index in [0.29, 0.717) is 39.9 Å². The van der Waals surface area contributed by atoms with Gasteiger partial charge in [0.2, 0.25) is 5.95 Å². The number of anilines is 2. The number of halogens is 1. The third-order valence-corrected chi connectivity index (χ3v) is 6.57. The Morgan fingerprint density at radius 3 is 2.61 bits per heavy atom. The van der Waals surface area contributed by atoms with E-state index in [1.807, 2.05) is 43.3 Å². The second-order valence-electron chi connectivity index (χ2n) is 8.84. The summed E-state index contributed by atoms with van der Waals surface area (Å²) in [5, 5.41) is 3.92. The molecule has 0 saturated carbocycles. The second-order valence-corrected chi connectivity index (χ2v) is 9.25. The summed E-state index contributed by atoms with van der Waals surface area (Å²) in [6, 6.07) is 13.4. The lowest BCUT2D eigenvalue weighted by Crippen LogP contribution is -2.37. The maximum Gasteiger partial charge on any atom is 0.268 e. The van der Waals surface area contributed by atoms with E-state index in [-0.39, 0.29) is 11.5 Å². The quantitative estimate of drug-likeness (QED) is 0.443. The van der Waals surface area contributed by atoms with Crippen LogP contribution in [0.4, 0.5) is 11.8 Å². The molecule has 2 aromatic heterocycles. The van der Waals surface area contributed by atoms with Gasteiger partial charge in [-0.2, -0.15) is 0 Å². The topological polar surface area (TPSA) is 96.2 Å². The number of carbonyl (C=O) groups is 1. The van der Waals surface area contributed by atoms with Crippen LogP contribution in [0.2, 0.25) is 5.02 Å². The number of nitrogens with zero attached hydrogens (tertiary/aromatic N) is 6. The number of fused-ring (bicyclic) bond motifs is 2. The van der Waals surface area contributed by atoms with E-state index in [9.17, 15) is 9.59 Å². The molecule has 2 aromatic carbocycles. The fourth-order valence-electron chi connectivity index (χ4n) is 4.40. The van der Waals surface area contributed by atoms with Gasteiger partial charge < -0.3 is 15.1 Å². The Morgan fingerprint density at radius 1 is 1.06 bits per heavy atom. The Labute approximate surface area is 213 Å². The molecule has 2 aliphatic rings. The van der Waals surface area contributed by atoms with Crippen LogP contribution >= 0.6 is 11.6 Å². The number of carbonyl (C=O) groups excluding carboxylic acids is 1. The van der Waals surface area contributed by atoms with Crippen LogP contribution in [0, 0.1) is 6.92 Å². The first-order valence-corrected chi connectivity index (χ1v) is 12.1. The van der Waals surface area contributed by atoms with Crippen LogP contribution in [0.25, 0.3) is 16.6 Å². The van der Waals surface area contributed by atoms with E-state index >= 15 is 0 Å². The molecule has 36 heavy (non-hydrogen) atoms. The molecule has 0 spiro atoms. The minimum Gasteiger partial charge on any atom is -0.352 e. The van der Waals surface area contributed by atoms with Gasteiger partial charge in [-0.05, 0) is 49.6 Å². The maximum absolute atomic E-state index is 13.3. The number of nitrogens with one attached hydrogen (secondary N) is 1. The molecule has 184 valence electrons. The monoisotopic (exact) mass is 503 g/mol. The minimum absolute atomic E-state index is 0.0376. The first-order chi connectivity index (χ1) is 17.4. The Kier molecular flexibility index (Phi) is 6.56. The third kappa shape index (κ3) is 4.49. The van der Waals surface area contributed by atoms with E-state index in [1.54, 1.807) is 22.6 Å². The van der Waals surface area contributed by atoms with Crippen molar-refractivity contribution < 1.29 is 4.79 Å². The molecule has 4 aromatic rings. The molecule has 0 radical (unpaired) electrons. The summed E-state index contributed by atoms with van der Waals surface area (Å²) in [5.41, 5.74) is 3.00. The van der Waals surface area contributed by atoms with Gasteiger partial charge in [0.25, 0.3) is 11.5 Å². The van der Waals surface area contributed by atoms with E-state index in [0.717, 1.165) is 37.2 Å². The van der Waals surface area contributed by atoms with Crippen molar-refractivity contribution in [2.75, 3.05) is 37.0 Å². The van der Waals surface area contributed by atoms with Gasteiger partial charge in [-0.3, -0.25) is 9.59 Å². The molecule has 2 aliphatic heterocycles. The molecule has 1 N–H and O–H groups in total. The van der Waals surface area contributed by atoms with Gasteiger partial charge in [-0.25, -0.2) is 19.5 Å². The summed E-state index contributed by atoms with van der Waals surface area (Å²) in [6.07, 6.45) is 5.19. The first-order valence-electron chi connectivity index (χ1n) is 11.8. The summed E-state index contributed by atoms with van der Waals surface area (Å²) >= 11 is 6.30. The number of amides is 1. The van der Waals surface area contributed by atoms with Crippen LogP contribution in [0.15, 0.2) is 59.8 Å². The van der Waals surface area contributed by atoms with Gasteiger partial charge in [0, 0.05) is 26.3 Å². The molecule has 6 rings (SSSR count). The average Bonchev–Trinajstić information content (AvgIpc) is 3.42. The Balaban J connectivity index is 0.000000186. The zero-order valence-corrected chi connectivity index (χ0v) is 20.9. The van der Waals surface area contributed by atoms with Gasteiger partial charge >= 0.3 is 0 Å². The van der Waals surface area contributed by atoms with E-state index < -0.39 is 0 Å². The lowest BCUT2D eigenvalue weighted by atomic mass is 10.2.